The molecule has 3 heteroatoms. The molecule has 0 atom stereocenters. The fourth-order valence-electron chi connectivity index (χ4n) is 0.702. The summed E-state index contributed by atoms with van der Waals surface area (Å²) in [6.45, 7) is 5.02. The standard InChI is InChI=1S/C8H11NO2/c1-7(2)3-4-9-5-6-11-8(9)10/h7H,5-6H2,1-2H3. The molecule has 1 amide bonds. The third-order valence-electron chi connectivity index (χ3n) is 1.25. The smallest absolute Gasteiger partial charge is 0.421 e. The quantitative estimate of drug-likeness (QED) is 0.487. The zero-order valence-corrected chi connectivity index (χ0v) is 6.76. The highest BCUT2D eigenvalue weighted by Gasteiger charge is 2.19. The minimum Gasteiger partial charge on any atom is -0.447 e. The van der Waals surface area contributed by atoms with Gasteiger partial charge in [-0.05, 0) is 0 Å². The summed E-state index contributed by atoms with van der Waals surface area (Å²) in [4.78, 5) is 12.2. The summed E-state index contributed by atoms with van der Waals surface area (Å²) in [6.07, 6.45) is -0.321. The summed E-state index contributed by atoms with van der Waals surface area (Å²) >= 11 is 0. The molecule has 0 N–H and O–H groups in total. The molecule has 0 bridgehead atoms. The molecule has 1 saturated heterocycles. The van der Waals surface area contributed by atoms with Crippen LogP contribution in [0, 0.1) is 17.9 Å². The fourth-order valence-corrected chi connectivity index (χ4v) is 0.702. The lowest BCUT2D eigenvalue weighted by Gasteiger charge is -2.00. The van der Waals surface area contributed by atoms with Crippen LogP contribution in [0.15, 0.2) is 0 Å². The molecule has 1 aliphatic heterocycles. The molecule has 60 valence electrons. The van der Waals surface area contributed by atoms with Crippen molar-refractivity contribution >= 4 is 6.09 Å². The Kier molecular flexibility index (Phi) is 2.37. The molecule has 0 radical (unpaired) electrons. The van der Waals surface area contributed by atoms with E-state index in [2.05, 4.69) is 16.7 Å². The number of hydrogen-bond acceptors (Lipinski definition) is 2. The number of hydrogen-bond donors (Lipinski definition) is 0. The molecular weight excluding hydrogens is 142 g/mol. The van der Waals surface area contributed by atoms with E-state index in [1.165, 1.54) is 4.90 Å². The first-order valence-electron chi connectivity index (χ1n) is 3.65. The molecule has 0 unspecified atom stereocenters. The first-order valence-corrected chi connectivity index (χ1v) is 3.65. The molecule has 0 spiro atoms. The van der Waals surface area contributed by atoms with E-state index in [9.17, 15) is 4.79 Å². The molecule has 1 aliphatic rings. The molecule has 0 aromatic carbocycles. The summed E-state index contributed by atoms with van der Waals surface area (Å²) in [5.41, 5.74) is 0. The van der Waals surface area contributed by atoms with Crippen molar-refractivity contribution in [3.05, 3.63) is 0 Å². The van der Waals surface area contributed by atoms with Crippen LogP contribution in [0.25, 0.3) is 0 Å². The van der Waals surface area contributed by atoms with Gasteiger partial charge in [-0.3, -0.25) is 0 Å². The normalized spacial score (nSPS) is 16.3. The molecule has 3 nitrogen and oxygen atoms in total. The molecular formula is C8H11NO2. The van der Waals surface area contributed by atoms with Crippen LogP contribution in [0.2, 0.25) is 0 Å². The number of rotatable bonds is 0. The maximum absolute atomic E-state index is 10.8. The third kappa shape index (κ3) is 2.15. The number of cyclic esters (lactones) is 1. The number of nitrogens with zero attached hydrogens (tertiary/aromatic N) is 1. The van der Waals surface area contributed by atoms with Gasteiger partial charge in [0.25, 0.3) is 0 Å². The van der Waals surface area contributed by atoms with Crippen molar-refractivity contribution in [2.24, 2.45) is 5.92 Å². The molecule has 1 heterocycles. The summed E-state index contributed by atoms with van der Waals surface area (Å²) < 4.78 is 4.68. The zero-order chi connectivity index (χ0) is 8.27. The summed E-state index contributed by atoms with van der Waals surface area (Å²) in [5.74, 6) is 3.19. The topological polar surface area (TPSA) is 29.5 Å². The third-order valence-corrected chi connectivity index (χ3v) is 1.25. The highest BCUT2D eigenvalue weighted by molar-refractivity contribution is 5.71. The first-order chi connectivity index (χ1) is 5.20. The Bertz CT molecular complexity index is 212. The summed E-state index contributed by atoms with van der Waals surface area (Å²) in [5, 5.41) is 0. The SMILES string of the molecule is CC(C)C#CN1CCOC1=O. The van der Waals surface area contributed by atoms with Crippen LogP contribution in [0.4, 0.5) is 4.79 Å². The van der Waals surface area contributed by atoms with Gasteiger partial charge in [-0.1, -0.05) is 19.8 Å². The molecule has 0 saturated carbocycles. The summed E-state index contributed by atoms with van der Waals surface area (Å²) in [7, 11) is 0. The second kappa shape index (κ2) is 3.29. The van der Waals surface area contributed by atoms with Gasteiger partial charge < -0.3 is 4.74 Å². The molecule has 0 aromatic heterocycles. The van der Waals surface area contributed by atoms with Gasteiger partial charge >= 0.3 is 6.09 Å². The predicted molar refractivity (Wildman–Crippen MR) is 40.7 cm³/mol. The van der Waals surface area contributed by atoms with E-state index < -0.39 is 0 Å². The molecule has 1 fully saturated rings. The van der Waals surface area contributed by atoms with Crippen molar-refractivity contribution in [3.8, 4) is 12.0 Å². The molecule has 11 heavy (non-hydrogen) atoms. The minimum absolute atomic E-state index is 0.295. The van der Waals surface area contributed by atoms with Gasteiger partial charge in [-0.15, -0.1) is 0 Å². The van der Waals surface area contributed by atoms with Crippen LogP contribution in [0.1, 0.15) is 13.8 Å². The maximum Gasteiger partial charge on any atom is 0.421 e. The minimum atomic E-state index is -0.321. The van der Waals surface area contributed by atoms with Crippen molar-refractivity contribution < 1.29 is 9.53 Å². The highest BCUT2D eigenvalue weighted by Crippen LogP contribution is 2.00. The lowest BCUT2D eigenvalue weighted by Crippen LogP contribution is -2.17. The number of amides is 1. The fraction of sp³-hybridized carbons (Fsp3) is 0.625. The van der Waals surface area contributed by atoms with Crippen molar-refractivity contribution in [2.75, 3.05) is 13.2 Å². The lowest BCUT2D eigenvalue weighted by atomic mass is 10.2. The van der Waals surface area contributed by atoms with E-state index in [0.717, 1.165) is 0 Å². The number of carbonyl (C=O) groups excluding carboxylic acids is 1. The number of carbonyl (C=O) groups is 1. The van der Waals surface area contributed by atoms with E-state index in [4.69, 9.17) is 0 Å². The summed E-state index contributed by atoms with van der Waals surface area (Å²) in [6, 6.07) is 2.74. The maximum atomic E-state index is 10.8. The molecule has 0 aromatic rings. The molecule has 0 aliphatic carbocycles. The van der Waals surface area contributed by atoms with Crippen molar-refractivity contribution in [1.82, 2.24) is 4.90 Å². The van der Waals surface area contributed by atoms with Gasteiger partial charge in [0.1, 0.15) is 6.61 Å². The van der Waals surface area contributed by atoms with Gasteiger partial charge in [-0.2, -0.15) is 0 Å². The average molecular weight is 153 g/mol. The van der Waals surface area contributed by atoms with Crippen LogP contribution < -0.4 is 0 Å². The second-order valence-electron chi connectivity index (χ2n) is 2.68. The Morgan fingerprint density at radius 3 is 2.82 bits per heavy atom. The van der Waals surface area contributed by atoms with Gasteiger partial charge in [0.05, 0.1) is 6.54 Å². The van der Waals surface area contributed by atoms with Gasteiger partial charge in [0.15, 0.2) is 0 Å². The van der Waals surface area contributed by atoms with Crippen LogP contribution in [-0.4, -0.2) is 24.1 Å². The Morgan fingerprint density at radius 1 is 1.64 bits per heavy atom. The van der Waals surface area contributed by atoms with Crippen LogP contribution in [0.3, 0.4) is 0 Å². The van der Waals surface area contributed by atoms with Crippen molar-refractivity contribution in [3.63, 3.8) is 0 Å². The Balaban J connectivity index is 2.50. The van der Waals surface area contributed by atoms with Crippen molar-refractivity contribution in [2.45, 2.75) is 13.8 Å². The number of ether oxygens (including phenoxy) is 1. The van der Waals surface area contributed by atoms with Crippen LogP contribution >= 0.6 is 0 Å². The average Bonchev–Trinajstić information content (AvgIpc) is 2.31. The van der Waals surface area contributed by atoms with Crippen molar-refractivity contribution in [1.29, 1.82) is 0 Å². The van der Waals surface area contributed by atoms with E-state index in [-0.39, 0.29) is 6.09 Å². The highest BCUT2D eigenvalue weighted by atomic mass is 16.6. The Labute approximate surface area is 66.3 Å². The zero-order valence-electron chi connectivity index (χ0n) is 6.76. The van der Waals surface area contributed by atoms with E-state index in [0.29, 0.717) is 19.1 Å². The first kappa shape index (κ1) is 7.93. The van der Waals surface area contributed by atoms with Gasteiger partial charge in [-0.25, -0.2) is 9.69 Å². The van der Waals surface area contributed by atoms with Crippen LogP contribution in [-0.2, 0) is 4.74 Å². The Morgan fingerprint density at radius 2 is 2.36 bits per heavy atom. The monoisotopic (exact) mass is 153 g/mol. The predicted octanol–water partition coefficient (Wildman–Crippen LogP) is 1.06. The Hall–Kier alpha value is -1.17. The van der Waals surface area contributed by atoms with Gasteiger partial charge in [0.2, 0.25) is 0 Å². The largest absolute Gasteiger partial charge is 0.447 e. The molecule has 1 rings (SSSR count). The van der Waals surface area contributed by atoms with Crippen LogP contribution in [0.5, 0.6) is 0 Å². The van der Waals surface area contributed by atoms with E-state index in [1.54, 1.807) is 0 Å². The lowest BCUT2D eigenvalue weighted by molar-refractivity contribution is 0.167. The van der Waals surface area contributed by atoms with Gasteiger partial charge in [0, 0.05) is 12.0 Å². The van der Waals surface area contributed by atoms with E-state index >= 15 is 0 Å². The van der Waals surface area contributed by atoms with E-state index in [1.807, 2.05) is 13.8 Å². The second-order valence-corrected chi connectivity index (χ2v) is 2.68.